The van der Waals surface area contributed by atoms with Crippen LogP contribution in [0.25, 0.3) is 0 Å². The highest BCUT2D eigenvalue weighted by Crippen LogP contribution is 2.42. The number of carbonyl (C=O) groups is 1. The molecule has 0 aliphatic carbocycles. The first-order valence-corrected chi connectivity index (χ1v) is 9.22. The van der Waals surface area contributed by atoms with Gasteiger partial charge in [-0.25, -0.2) is 9.78 Å². The maximum atomic E-state index is 12.6. The number of likely N-dealkylation sites (tertiary alicyclic amines) is 1. The molecule has 0 unspecified atom stereocenters. The second-order valence-corrected chi connectivity index (χ2v) is 7.03. The van der Waals surface area contributed by atoms with Crippen LogP contribution in [-0.4, -0.2) is 47.2 Å². The van der Waals surface area contributed by atoms with Crippen molar-refractivity contribution in [2.24, 2.45) is 0 Å². The molecule has 0 N–H and O–H groups in total. The van der Waals surface area contributed by atoms with Gasteiger partial charge in [-0.15, -0.1) is 0 Å². The first-order chi connectivity index (χ1) is 13.1. The molecule has 1 aromatic heterocycles. The fourth-order valence-corrected chi connectivity index (χ4v) is 4.07. The molecule has 27 heavy (non-hydrogen) atoms. The first-order valence-electron chi connectivity index (χ1n) is 9.22. The van der Waals surface area contributed by atoms with E-state index in [1.807, 2.05) is 11.0 Å². The fourth-order valence-electron chi connectivity index (χ4n) is 4.07. The number of benzene rings is 1. The standard InChI is InChI=1S/C20H23N3O4/c1-26-16-3-4-17-15(13-16)5-12-27-20(17)6-10-22(11-7-20)18(24)14-23-9-2-8-21-19(23)25/h2-4,8-9,13H,5-7,10-12,14H2,1H3. The quantitative estimate of drug-likeness (QED) is 0.816. The van der Waals surface area contributed by atoms with Gasteiger partial charge < -0.3 is 14.4 Å². The third-order valence-corrected chi connectivity index (χ3v) is 5.57. The summed E-state index contributed by atoms with van der Waals surface area (Å²) < 4.78 is 12.9. The van der Waals surface area contributed by atoms with E-state index >= 15 is 0 Å². The van der Waals surface area contributed by atoms with Gasteiger partial charge in [-0.3, -0.25) is 9.36 Å². The van der Waals surface area contributed by atoms with Crippen LogP contribution in [0.2, 0.25) is 0 Å². The molecule has 2 aliphatic heterocycles. The highest BCUT2D eigenvalue weighted by molar-refractivity contribution is 5.76. The molecule has 1 saturated heterocycles. The molecule has 1 amide bonds. The van der Waals surface area contributed by atoms with Gasteiger partial charge in [0.25, 0.3) is 0 Å². The van der Waals surface area contributed by atoms with E-state index in [1.165, 1.54) is 21.9 Å². The van der Waals surface area contributed by atoms with Crippen LogP contribution < -0.4 is 10.4 Å². The Labute approximate surface area is 157 Å². The van der Waals surface area contributed by atoms with Crippen LogP contribution in [0, 0.1) is 0 Å². The van der Waals surface area contributed by atoms with Crippen molar-refractivity contribution in [3.8, 4) is 5.75 Å². The van der Waals surface area contributed by atoms with Crippen LogP contribution in [0.5, 0.6) is 5.75 Å². The smallest absolute Gasteiger partial charge is 0.347 e. The number of piperidine rings is 1. The average molecular weight is 369 g/mol. The molecular weight excluding hydrogens is 346 g/mol. The maximum Gasteiger partial charge on any atom is 0.347 e. The number of fused-ring (bicyclic) bond motifs is 2. The van der Waals surface area contributed by atoms with E-state index in [2.05, 4.69) is 17.1 Å². The summed E-state index contributed by atoms with van der Waals surface area (Å²) >= 11 is 0. The monoisotopic (exact) mass is 369 g/mol. The largest absolute Gasteiger partial charge is 0.497 e. The van der Waals surface area contributed by atoms with Crippen molar-refractivity contribution in [1.29, 1.82) is 0 Å². The zero-order valence-corrected chi connectivity index (χ0v) is 15.4. The van der Waals surface area contributed by atoms with Crippen molar-refractivity contribution in [1.82, 2.24) is 14.5 Å². The number of carbonyl (C=O) groups excluding carboxylic acids is 1. The van der Waals surface area contributed by atoms with Crippen LogP contribution in [0.15, 0.2) is 41.5 Å². The summed E-state index contributed by atoms with van der Waals surface area (Å²) in [5, 5.41) is 0. The van der Waals surface area contributed by atoms with Crippen LogP contribution in [0.4, 0.5) is 0 Å². The Balaban J connectivity index is 1.47. The van der Waals surface area contributed by atoms with E-state index in [0.717, 1.165) is 25.0 Å². The summed E-state index contributed by atoms with van der Waals surface area (Å²) in [5.41, 5.74) is 1.74. The molecule has 3 heterocycles. The topological polar surface area (TPSA) is 73.7 Å². The van der Waals surface area contributed by atoms with Gasteiger partial charge in [-0.1, -0.05) is 6.07 Å². The zero-order valence-electron chi connectivity index (χ0n) is 15.4. The van der Waals surface area contributed by atoms with Gasteiger partial charge in [0.1, 0.15) is 12.3 Å². The number of hydrogen-bond acceptors (Lipinski definition) is 5. The van der Waals surface area contributed by atoms with E-state index in [1.54, 1.807) is 19.4 Å². The van der Waals surface area contributed by atoms with Crippen LogP contribution in [-0.2, 0) is 28.1 Å². The molecule has 0 bridgehead atoms. The molecule has 142 valence electrons. The lowest BCUT2D eigenvalue weighted by Gasteiger charge is -2.45. The number of nitrogens with zero attached hydrogens (tertiary/aromatic N) is 3. The van der Waals surface area contributed by atoms with Gasteiger partial charge in [0, 0.05) is 25.5 Å². The number of methoxy groups -OCH3 is 1. The zero-order chi connectivity index (χ0) is 18.9. The normalized spacial score (nSPS) is 18.2. The Morgan fingerprint density at radius 2 is 2.15 bits per heavy atom. The van der Waals surface area contributed by atoms with E-state index in [-0.39, 0.29) is 18.1 Å². The number of ether oxygens (including phenoxy) is 2. The molecule has 2 aliphatic rings. The number of amides is 1. The molecule has 0 radical (unpaired) electrons. The van der Waals surface area contributed by atoms with Gasteiger partial charge in [-0.2, -0.15) is 0 Å². The lowest BCUT2D eigenvalue weighted by atomic mass is 9.79. The van der Waals surface area contributed by atoms with Crippen molar-refractivity contribution in [3.05, 3.63) is 58.3 Å². The first kappa shape index (κ1) is 17.7. The summed E-state index contributed by atoms with van der Waals surface area (Å²) in [6, 6.07) is 7.81. The van der Waals surface area contributed by atoms with Crippen molar-refractivity contribution < 1.29 is 14.3 Å². The minimum Gasteiger partial charge on any atom is -0.497 e. The second-order valence-electron chi connectivity index (χ2n) is 7.03. The highest BCUT2D eigenvalue weighted by atomic mass is 16.5. The maximum absolute atomic E-state index is 12.6. The van der Waals surface area contributed by atoms with E-state index in [9.17, 15) is 9.59 Å². The Kier molecular flexibility index (Phi) is 4.70. The predicted octanol–water partition coefficient (Wildman–Crippen LogP) is 1.34. The predicted molar refractivity (Wildman–Crippen MR) is 98.6 cm³/mol. The Morgan fingerprint density at radius 1 is 1.33 bits per heavy atom. The molecule has 2 aromatic rings. The molecule has 7 nitrogen and oxygen atoms in total. The molecular formula is C20H23N3O4. The second kappa shape index (κ2) is 7.15. The highest BCUT2D eigenvalue weighted by Gasteiger charge is 2.41. The fraction of sp³-hybridized carbons (Fsp3) is 0.450. The van der Waals surface area contributed by atoms with Crippen molar-refractivity contribution in [3.63, 3.8) is 0 Å². The van der Waals surface area contributed by atoms with Gasteiger partial charge >= 0.3 is 5.69 Å². The number of hydrogen-bond donors (Lipinski definition) is 0. The van der Waals surface area contributed by atoms with E-state index < -0.39 is 5.69 Å². The third-order valence-electron chi connectivity index (χ3n) is 5.57. The lowest BCUT2D eigenvalue weighted by Crippen LogP contribution is -2.49. The molecule has 1 fully saturated rings. The van der Waals surface area contributed by atoms with Crippen molar-refractivity contribution in [2.45, 2.75) is 31.4 Å². The number of rotatable bonds is 3. The van der Waals surface area contributed by atoms with Crippen molar-refractivity contribution in [2.75, 3.05) is 26.8 Å². The molecule has 4 rings (SSSR count). The van der Waals surface area contributed by atoms with E-state index in [4.69, 9.17) is 9.47 Å². The summed E-state index contributed by atoms with van der Waals surface area (Å²) in [5.74, 6) is 0.797. The van der Waals surface area contributed by atoms with Gasteiger partial charge in [-0.05, 0) is 48.6 Å². The third kappa shape index (κ3) is 3.35. The molecule has 0 saturated carbocycles. The lowest BCUT2D eigenvalue weighted by molar-refractivity contribution is -0.141. The average Bonchev–Trinajstić information content (AvgIpc) is 2.70. The number of aromatic nitrogens is 2. The Bertz CT molecular complexity index is 900. The summed E-state index contributed by atoms with van der Waals surface area (Å²) in [6.45, 7) is 1.92. The summed E-state index contributed by atoms with van der Waals surface area (Å²) in [7, 11) is 1.68. The van der Waals surface area contributed by atoms with Crippen LogP contribution in [0.3, 0.4) is 0 Å². The van der Waals surface area contributed by atoms with E-state index in [0.29, 0.717) is 19.7 Å². The Morgan fingerprint density at radius 3 is 2.89 bits per heavy atom. The molecule has 7 heteroatoms. The van der Waals surface area contributed by atoms with Gasteiger partial charge in [0.05, 0.1) is 19.3 Å². The summed E-state index contributed by atoms with van der Waals surface area (Å²) in [4.78, 5) is 29.8. The van der Waals surface area contributed by atoms with Crippen molar-refractivity contribution >= 4 is 5.91 Å². The van der Waals surface area contributed by atoms with Crippen LogP contribution in [0.1, 0.15) is 24.0 Å². The SMILES string of the molecule is COc1ccc2c(c1)CCOC21CCN(C(=O)Cn2cccnc2=O)CC1. The summed E-state index contributed by atoms with van der Waals surface area (Å²) in [6.07, 6.45) is 5.40. The van der Waals surface area contributed by atoms with Crippen LogP contribution >= 0.6 is 0 Å². The molecule has 1 aromatic carbocycles. The minimum absolute atomic E-state index is 0.0221. The van der Waals surface area contributed by atoms with Gasteiger partial charge in [0.15, 0.2) is 0 Å². The minimum atomic E-state index is -0.405. The van der Waals surface area contributed by atoms with Gasteiger partial charge in [0.2, 0.25) is 5.91 Å². The molecule has 0 atom stereocenters. The Hall–Kier alpha value is -2.67. The molecule has 1 spiro atoms.